The van der Waals surface area contributed by atoms with Crippen LogP contribution in [0.2, 0.25) is 0 Å². The molecule has 0 saturated carbocycles. The Labute approximate surface area is 137 Å². The number of benzene rings is 1. The fourth-order valence-electron chi connectivity index (χ4n) is 3.29. The Hall–Kier alpha value is -1.79. The van der Waals surface area contributed by atoms with Gasteiger partial charge in [0, 0.05) is 32.7 Å². The highest BCUT2D eigenvalue weighted by molar-refractivity contribution is 5.82. The van der Waals surface area contributed by atoms with Crippen LogP contribution in [0.5, 0.6) is 5.75 Å². The minimum atomic E-state index is -0.400. The summed E-state index contributed by atoms with van der Waals surface area (Å²) < 4.78 is 5.70. The van der Waals surface area contributed by atoms with Gasteiger partial charge in [0.2, 0.25) is 5.91 Å². The standard InChI is InChI=1S/C17H25N3O3/c1-2-23-16-6-4-3-5-15(16)19-7-9-20(10-8-19)17(22)14-11-13(21)12-18-14/h3-6,13-14,18,21H,2,7-12H2,1H3/t13-,14+/m0/s1. The fourth-order valence-corrected chi connectivity index (χ4v) is 3.29. The molecular weight excluding hydrogens is 294 g/mol. The second-order valence-electron chi connectivity index (χ2n) is 6.06. The number of nitrogens with zero attached hydrogens (tertiary/aromatic N) is 2. The third-order valence-corrected chi connectivity index (χ3v) is 4.50. The summed E-state index contributed by atoms with van der Waals surface area (Å²) >= 11 is 0. The minimum Gasteiger partial charge on any atom is -0.492 e. The fraction of sp³-hybridized carbons (Fsp3) is 0.588. The van der Waals surface area contributed by atoms with Crippen molar-refractivity contribution in [3.05, 3.63) is 24.3 Å². The molecule has 1 aromatic rings. The van der Waals surface area contributed by atoms with Crippen LogP contribution in [0.4, 0.5) is 5.69 Å². The average Bonchev–Trinajstić information content (AvgIpc) is 3.02. The van der Waals surface area contributed by atoms with E-state index in [1.54, 1.807) is 0 Å². The molecule has 0 spiro atoms. The van der Waals surface area contributed by atoms with Crippen molar-refractivity contribution >= 4 is 11.6 Å². The summed E-state index contributed by atoms with van der Waals surface area (Å²) in [6, 6.07) is 7.81. The van der Waals surface area contributed by atoms with E-state index in [0.29, 0.717) is 32.7 Å². The maximum Gasteiger partial charge on any atom is 0.239 e. The van der Waals surface area contributed by atoms with Crippen molar-refractivity contribution in [2.45, 2.75) is 25.5 Å². The van der Waals surface area contributed by atoms with E-state index in [9.17, 15) is 9.90 Å². The smallest absolute Gasteiger partial charge is 0.239 e. The van der Waals surface area contributed by atoms with Crippen LogP contribution in [-0.2, 0) is 4.79 Å². The molecule has 6 nitrogen and oxygen atoms in total. The molecule has 1 amide bonds. The number of amides is 1. The Balaban J connectivity index is 1.59. The summed E-state index contributed by atoms with van der Waals surface area (Å²) in [6.45, 7) is 6.14. The van der Waals surface area contributed by atoms with Gasteiger partial charge in [-0.25, -0.2) is 0 Å². The summed E-state index contributed by atoms with van der Waals surface area (Å²) in [6.07, 6.45) is 0.120. The van der Waals surface area contributed by atoms with E-state index in [1.165, 1.54) is 0 Å². The monoisotopic (exact) mass is 319 g/mol. The second kappa shape index (κ2) is 7.19. The van der Waals surface area contributed by atoms with E-state index in [-0.39, 0.29) is 11.9 Å². The molecule has 0 radical (unpaired) electrons. The van der Waals surface area contributed by atoms with E-state index < -0.39 is 6.10 Å². The molecule has 126 valence electrons. The predicted molar refractivity (Wildman–Crippen MR) is 88.8 cm³/mol. The minimum absolute atomic E-state index is 0.110. The largest absolute Gasteiger partial charge is 0.492 e. The molecule has 2 fully saturated rings. The van der Waals surface area contributed by atoms with Crippen LogP contribution in [0.1, 0.15) is 13.3 Å². The molecule has 0 aromatic heterocycles. The third kappa shape index (κ3) is 3.59. The van der Waals surface area contributed by atoms with E-state index in [0.717, 1.165) is 24.5 Å². The van der Waals surface area contributed by atoms with Crippen LogP contribution in [-0.4, -0.2) is 67.4 Å². The summed E-state index contributed by atoms with van der Waals surface area (Å²) in [5.74, 6) is 1.01. The van der Waals surface area contributed by atoms with Gasteiger partial charge in [-0.1, -0.05) is 12.1 Å². The van der Waals surface area contributed by atoms with Crippen LogP contribution < -0.4 is 15.0 Å². The van der Waals surface area contributed by atoms with Gasteiger partial charge in [0.15, 0.2) is 0 Å². The predicted octanol–water partition coefficient (Wildman–Crippen LogP) is 0.457. The van der Waals surface area contributed by atoms with Crippen molar-refractivity contribution in [1.29, 1.82) is 0 Å². The Bertz CT molecular complexity index is 544. The number of hydrogen-bond donors (Lipinski definition) is 2. The van der Waals surface area contributed by atoms with Crippen LogP contribution in [0.15, 0.2) is 24.3 Å². The summed E-state index contributed by atoms with van der Waals surface area (Å²) in [5, 5.41) is 12.7. The van der Waals surface area contributed by atoms with Gasteiger partial charge in [-0.15, -0.1) is 0 Å². The van der Waals surface area contributed by atoms with Crippen LogP contribution >= 0.6 is 0 Å². The Morgan fingerprint density at radius 3 is 2.70 bits per heavy atom. The van der Waals surface area contributed by atoms with Crippen molar-refractivity contribution in [2.75, 3.05) is 44.2 Å². The van der Waals surface area contributed by atoms with Gasteiger partial charge in [-0.2, -0.15) is 0 Å². The number of ether oxygens (including phenoxy) is 1. The number of nitrogens with one attached hydrogen (secondary N) is 1. The SMILES string of the molecule is CCOc1ccccc1N1CCN(C(=O)[C@H]2C[C@H](O)CN2)CC1. The van der Waals surface area contributed by atoms with E-state index in [4.69, 9.17) is 4.74 Å². The highest BCUT2D eigenvalue weighted by Gasteiger charge is 2.32. The molecule has 2 saturated heterocycles. The average molecular weight is 319 g/mol. The number of anilines is 1. The second-order valence-corrected chi connectivity index (χ2v) is 6.06. The first-order valence-electron chi connectivity index (χ1n) is 8.36. The number of carbonyl (C=O) groups is 1. The van der Waals surface area contributed by atoms with E-state index in [1.807, 2.05) is 30.0 Å². The number of para-hydroxylation sites is 2. The molecule has 2 heterocycles. The third-order valence-electron chi connectivity index (χ3n) is 4.50. The molecule has 3 rings (SSSR count). The lowest BCUT2D eigenvalue weighted by atomic mass is 10.1. The number of aliphatic hydroxyl groups is 1. The molecule has 6 heteroatoms. The molecule has 0 unspecified atom stereocenters. The van der Waals surface area contributed by atoms with Crippen molar-refractivity contribution < 1.29 is 14.6 Å². The number of hydrogen-bond acceptors (Lipinski definition) is 5. The number of β-amino-alcohol motifs (C(OH)–C–C–N with tert-alkyl or cyclic N) is 1. The first kappa shape index (κ1) is 16.1. The van der Waals surface area contributed by atoms with Gasteiger partial charge < -0.3 is 25.0 Å². The molecule has 0 aliphatic carbocycles. The van der Waals surface area contributed by atoms with Crippen molar-refractivity contribution in [3.8, 4) is 5.75 Å². The zero-order chi connectivity index (χ0) is 16.2. The van der Waals surface area contributed by atoms with Crippen molar-refractivity contribution in [2.24, 2.45) is 0 Å². The van der Waals surface area contributed by atoms with Gasteiger partial charge in [0.25, 0.3) is 0 Å². The van der Waals surface area contributed by atoms with E-state index in [2.05, 4.69) is 16.3 Å². The first-order valence-corrected chi connectivity index (χ1v) is 8.36. The number of aliphatic hydroxyl groups excluding tert-OH is 1. The summed E-state index contributed by atoms with van der Waals surface area (Å²) in [7, 11) is 0. The normalized spacial score (nSPS) is 24.8. The zero-order valence-electron chi connectivity index (χ0n) is 13.6. The molecule has 2 aliphatic heterocycles. The topological polar surface area (TPSA) is 65.0 Å². The number of piperazine rings is 1. The molecule has 2 aliphatic rings. The highest BCUT2D eigenvalue weighted by Crippen LogP contribution is 2.29. The summed E-state index contributed by atoms with van der Waals surface area (Å²) in [4.78, 5) is 16.6. The first-order chi connectivity index (χ1) is 11.2. The molecule has 2 atom stereocenters. The lowest BCUT2D eigenvalue weighted by Crippen LogP contribution is -2.53. The van der Waals surface area contributed by atoms with Gasteiger partial charge in [-0.3, -0.25) is 4.79 Å². The van der Waals surface area contributed by atoms with Crippen LogP contribution in [0.3, 0.4) is 0 Å². The van der Waals surface area contributed by atoms with Gasteiger partial charge >= 0.3 is 0 Å². The molecule has 1 aromatic carbocycles. The zero-order valence-corrected chi connectivity index (χ0v) is 13.6. The molecule has 23 heavy (non-hydrogen) atoms. The van der Waals surface area contributed by atoms with Crippen LogP contribution in [0, 0.1) is 0 Å². The van der Waals surface area contributed by atoms with E-state index >= 15 is 0 Å². The molecule has 0 bridgehead atoms. The molecule has 2 N–H and O–H groups in total. The Kier molecular flexibility index (Phi) is 5.03. The lowest BCUT2D eigenvalue weighted by molar-refractivity contribution is -0.133. The number of rotatable bonds is 4. The molecular formula is C17H25N3O3. The number of carbonyl (C=O) groups excluding carboxylic acids is 1. The van der Waals surface area contributed by atoms with Gasteiger partial charge in [0.05, 0.1) is 24.4 Å². The van der Waals surface area contributed by atoms with Crippen LogP contribution in [0.25, 0.3) is 0 Å². The van der Waals surface area contributed by atoms with Gasteiger partial charge in [0.1, 0.15) is 5.75 Å². The van der Waals surface area contributed by atoms with Crippen molar-refractivity contribution in [3.63, 3.8) is 0 Å². The summed E-state index contributed by atoms with van der Waals surface area (Å²) in [5.41, 5.74) is 1.09. The van der Waals surface area contributed by atoms with Gasteiger partial charge in [-0.05, 0) is 25.5 Å². The lowest BCUT2D eigenvalue weighted by Gasteiger charge is -2.37. The highest BCUT2D eigenvalue weighted by atomic mass is 16.5. The van der Waals surface area contributed by atoms with Crippen molar-refractivity contribution in [1.82, 2.24) is 10.2 Å². The quantitative estimate of drug-likeness (QED) is 0.844. The Morgan fingerprint density at radius 1 is 1.30 bits per heavy atom. The maximum absolute atomic E-state index is 12.5. The Morgan fingerprint density at radius 2 is 2.04 bits per heavy atom. The maximum atomic E-state index is 12.5.